The number of rotatable bonds is 4. The van der Waals surface area contributed by atoms with Crippen LogP contribution in [-0.2, 0) is 6.54 Å². The van der Waals surface area contributed by atoms with Crippen molar-refractivity contribution < 1.29 is 0 Å². The van der Waals surface area contributed by atoms with Gasteiger partial charge in [0.1, 0.15) is 5.82 Å². The first-order valence-corrected chi connectivity index (χ1v) is 5.67. The van der Waals surface area contributed by atoms with Crippen LogP contribution in [0.5, 0.6) is 0 Å². The van der Waals surface area contributed by atoms with E-state index in [1.54, 1.807) is 6.07 Å². The van der Waals surface area contributed by atoms with Crippen molar-refractivity contribution in [3.63, 3.8) is 0 Å². The highest BCUT2D eigenvalue weighted by Gasteiger charge is 2.06. The molecule has 0 atom stereocenters. The number of hydrogen-bond donors (Lipinski definition) is 1. The molecular formula is C13H16N4. The highest BCUT2D eigenvalue weighted by molar-refractivity contribution is 5.42. The second kappa shape index (κ2) is 5.30. The Balaban J connectivity index is 2.14. The lowest BCUT2D eigenvalue weighted by molar-refractivity contribution is 0.798. The molecule has 2 aromatic rings. The van der Waals surface area contributed by atoms with Crippen molar-refractivity contribution in [2.75, 3.05) is 17.2 Å². The van der Waals surface area contributed by atoms with Crippen LogP contribution >= 0.6 is 0 Å². The summed E-state index contributed by atoms with van der Waals surface area (Å²) < 4.78 is 0. The minimum atomic E-state index is 0.449. The van der Waals surface area contributed by atoms with E-state index in [1.807, 2.05) is 24.3 Å². The van der Waals surface area contributed by atoms with Gasteiger partial charge in [-0.25, -0.2) is 0 Å². The molecule has 88 valence electrons. The van der Waals surface area contributed by atoms with Crippen molar-refractivity contribution in [1.29, 1.82) is 0 Å². The molecule has 0 bridgehead atoms. The Morgan fingerprint density at radius 3 is 2.41 bits per heavy atom. The number of nitrogens with two attached hydrogens (primary N) is 1. The minimum absolute atomic E-state index is 0.449. The summed E-state index contributed by atoms with van der Waals surface area (Å²) in [5.74, 6) is 1.30. The molecule has 2 rings (SSSR count). The van der Waals surface area contributed by atoms with E-state index in [9.17, 15) is 0 Å². The Bertz CT molecular complexity index is 453. The zero-order chi connectivity index (χ0) is 12.1. The lowest BCUT2D eigenvalue weighted by Crippen LogP contribution is -2.23. The van der Waals surface area contributed by atoms with E-state index in [0.29, 0.717) is 5.82 Å². The number of aromatic nitrogens is 2. The molecule has 2 N–H and O–H groups in total. The molecule has 0 aliphatic heterocycles. The second-order valence-corrected chi connectivity index (χ2v) is 3.82. The average Bonchev–Trinajstić information content (AvgIpc) is 2.38. The summed E-state index contributed by atoms with van der Waals surface area (Å²) in [6.45, 7) is 3.81. The van der Waals surface area contributed by atoms with Crippen LogP contribution in [-0.4, -0.2) is 16.7 Å². The molecule has 17 heavy (non-hydrogen) atoms. The summed E-state index contributed by atoms with van der Waals surface area (Å²) >= 11 is 0. The smallest absolute Gasteiger partial charge is 0.151 e. The molecule has 4 nitrogen and oxygen atoms in total. The van der Waals surface area contributed by atoms with E-state index >= 15 is 0 Å². The third kappa shape index (κ3) is 2.93. The van der Waals surface area contributed by atoms with Gasteiger partial charge in [-0.15, -0.1) is 10.2 Å². The van der Waals surface area contributed by atoms with Crippen molar-refractivity contribution in [3.05, 3.63) is 48.0 Å². The highest BCUT2D eigenvalue weighted by atomic mass is 15.3. The molecule has 0 radical (unpaired) electrons. The molecule has 1 heterocycles. The Morgan fingerprint density at radius 2 is 1.82 bits per heavy atom. The zero-order valence-electron chi connectivity index (χ0n) is 9.87. The van der Waals surface area contributed by atoms with Crippen molar-refractivity contribution >= 4 is 11.6 Å². The van der Waals surface area contributed by atoms with Gasteiger partial charge in [0.2, 0.25) is 0 Å². The van der Waals surface area contributed by atoms with Gasteiger partial charge < -0.3 is 10.6 Å². The van der Waals surface area contributed by atoms with Crippen LogP contribution in [0.4, 0.5) is 11.6 Å². The van der Waals surface area contributed by atoms with Crippen molar-refractivity contribution in [3.8, 4) is 0 Å². The molecule has 1 aromatic heterocycles. The number of benzene rings is 1. The van der Waals surface area contributed by atoms with Gasteiger partial charge >= 0.3 is 0 Å². The third-order valence-electron chi connectivity index (χ3n) is 2.59. The van der Waals surface area contributed by atoms with Gasteiger partial charge in [-0.2, -0.15) is 0 Å². The fourth-order valence-electron chi connectivity index (χ4n) is 1.66. The van der Waals surface area contributed by atoms with E-state index in [0.717, 1.165) is 18.9 Å². The van der Waals surface area contributed by atoms with Crippen LogP contribution < -0.4 is 10.6 Å². The first kappa shape index (κ1) is 11.4. The van der Waals surface area contributed by atoms with Gasteiger partial charge in [0.25, 0.3) is 0 Å². The van der Waals surface area contributed by atoms with Crippen LogP contribution in [0.1, 0.15) is 12.5 Å². The van der Waals surface area contributed by atoms with Crippen molar-refractivity contribution in [2.24, 2.45) is 0 Å². The molecule has 0 aliphatic rings. The molecule has 1 aromatic carbocycles. The largest absolute Gasteiger partial charge is 0.382 e. The van der Waals surface area contributed by atoms with Gasteiger partial charge in [0.05, 0.1) is 0 Å². The maximum absolute atomic E-state index is 5.53. The summed E-state index contributed by atoms with van der Waals surface area (Å²) in [4.78, 5) is 2.15. The van der Waals surface area contributed by atoms with Crippen molar-refractivity contribution in [2.45, 2.75) is 13.5 Å². The predicted octanol–water partition coefficient (Wildman–Crippen LogP) is 2.09. The molecule has 4 heteroatoms. The lowest BCUT2D eigenvalue weighted by atomic mass is 10.2. The molecular weight excluding hydrogens is 212 g/mol. The molecule has 0 amide bonds. The molecule has 0 saturated carbocycles. The van der Waals surface area contributed by atoms with Crippen LogP contribution in [0.3, 0.4) is 0 Å². The second-order valence-electron chi connectivity index (χ2n) is 3.82. The number of nitrogen functional groups attached to an aromatic ring is 1. The molecule has 0 unspecified atom stereocenters. The van der Waals surface area contributed by atoms with E-state index in [1.165, 1.54) is 5.56 Å². The van der Waals surface area contributed by atoms with Crippen LogP contribution in [0.15, 0.2) is 42.5 Å². The normalized spacial score (nSPS) is 10.2. The van der Waals surface area contributed by atoms with Gasteiger partial charge in [-0.1, -0.05) is 30.3 Å². The van der Waals surface area contributed by atoms with E-state index < -0.39 is 0 Å². The van der Waals surface area contributed by atoms with E-state index in [2.05, 4.69) is 34.2 Å². The SMILES string of the molecule is CCN(Cc1ccccc1)c1ccc(N)nn1. The Labute approximate surface area is 101 Å². The van der Waals surface area contributed by atoms with Gasteiger partial charge in [0, 0.05) is 13.1 Å². The maximum Gasteiger partial charge on any atom is 0.151 e. The first-order valence-electron chi connectivity index (χ1n) is 5.67. The topological polar surface area (TPSA) is 55.0 Å². The average molecular weight is 228 g/mol. The summed E-state index contributed by atoms with van der Waals surface area (Å²) in [5.41, 5.74) is 6.79. The quantitative estimate of drug-likeness (QED) is 0.870. The fourth-order valence-corrected chi connectivity index (χ4v) is 1.66. The fraction of sp³-hybridized carbons (Fsp3) is 0.231. The third-order valence-corrected chi connectivity index (χ3v) is 2.59. The van der Waals surface area contributed by atoms with Gasteiger partial charge in [-0.3, -0.25) is 0 Å². The summed E-state index contributed by atoms with van der Waals surface area (Å²) in [6, 6.07) is 14.0. The lowest BCUT2D eigenvalue weighted by Gasteiger charge is -2.21. The predicted molar refractivity (Wildman–Crippen MR) is 69.6 cm³/mol. The minimum Gasteiger partial charge on any atom is -0.382 e. The number of anilines is 2. The van der Waals surface area contributed by atoms with Crippen LogP contribution in [0.25, 0.3) is 0 Å². The van der Waals surface area contributed by atoms with E-state index in [-0.39, 0.29) is 0 Å². The zero-order valence-corrected chi connectivity index (χ0v) is 9.87. The maximum atomic E-state index is 5.53. The number of hydrogen-bond acceptors (Lipinski definition) is 4. The standard InChI is InChI=1S/C13H16N4/c1-2-17(10-11-6-4-3-5-7-11)13-9-8-12(14)15-16-13/h3-9H,2,10H2,1H3,(H2,14,15). The van der Waals surface area contributed by atoms with Crippen LogP contribution in [0.2, 0.25) is 0 Å². The summed E-state index contributed by atoms with van der Waals surface area (Å²) in [6.07, 6.45) is 0. The highest BCUT2D eigenvalue weighted by Crippen LogP contribution is 2.13. The molecule has 0 fully saturated rings. The summed E-state index contributed by atoms with van der Waals surface area (Å²) in [5, 5.41) is 7.97. The molecule has 0 spiro atoms. The summed E-state index contributed by atoms with van der Waals surface area (Å²) in [7, 11) is 0. The Kier molecular flexibility index (Phi) is 3.55. The molecule has 0 saturated heterocycles. The van der Waals surface area contributed by atoms with Gasteiger partial charge in [0.15, 0.2) is 5.82 Å². The Morgan fingerprint density at radius 1 is 1.06 bits per heavy atom. The monoisotopic (exact) mass is 228 g/mol. The van der Waals surface area contributed by atoms with Crippen LogP contribution in [0, 0.1) is 0 Å². The number of nitrogens with zero attached hydrogens (tertiary/aromatic N) is 3. The Hall–Kier alpha value is -2.10. The van der Waals surface area contributed by atoms with Crippen molar-refractivity contribution in [1.82, 2.24) is 10.2 Å². The van der Waals surface area contributed by atoms with E-state index in [4.69, 9.17) is 5.73 Å². The molecule has 0 aliphatic carbocycles. The first-order chi connectivity index (χ1) is 8.29. The van der Waals surface area contributed by atoms with Gasteiger partial charge in [-0.05, 0) is 24.6 Å².